The van der Waals surface area contributed by atoms with Crippen LogP contribution in [0, 0.1) is 6.92 Å². The third-order valence-corrected chi connectivity index (χ3v) is 9.36. The van der Waals surface area contributed by atoms with Crippen molar-refractivity contribution in [1.29, 1.82) is 0 Å². The molecular weight excluding hydrogens is 472 g/mol. The summed E-state index contributed by atoms with van der Waals surface area (Å²) in [5.41, 5.74) is 11.2. The van der Waals surface area contributed by atoms with Crippen molar-refractivity contribution in [2.75, 3.05) is 31.1 Å². The molecule has 5 heterocycles. The number of carboxylic acids is 1. The number of anilines is 1. The van der Waals surface area contributed by atoms with Gasteiger partial charge in [-0.05, 0) is 74.8 Å². The van der Waals surface area contributed by atoms with Crippen LogP contribution in [0.3, 0.4) is 0 Å². The lowest BCUT2D eigenvalue weighted by atomic mass is 9.81. The number of aryl methyl sites for hydroxylation is 3. The topological polar surface area (TPSA) is 52.8 Å². The van der Waals surface area contributed by atoms with Crippen LogP contribution in [0.2, 0.25) is 0 Å². The van der Waals surface area contributed by atoms with E-state index in [0.29, 0.717) is 5.56 Å². The molecule has 0 spiro atoms. The van der Waals surface area contributed by atoms with E-state index in [1.807, 2.05) is 6.07 Å². The number of ether oxygens (including phenoxy) is 1. The van der Waals surface area contributed by atoms with Gasteiger partial charge in [0.1, 0.15) is 24.6 Å². The molecule has 0 aliphatic carbocycles. The monoisotopic (exact) mass is 505 g/mol. The van der Waals surface area contributed by atoms with Crippen LogP contribution in [0.25, 0.3) is 5.57 Å². The molecule has 0 amide bonds. The number of fused-ring (bicyclic) bond motifs is 4. The summed E-state index contributed by atoms with van der Waals surface area (Å²) in [6.45, 7) is 6.50. The first-order valence-electron chi connectivity index (χ1n) is 14.4. The summed E-state index contributed by atoms with van der Waals surface area (Å²) in [5, 5.41) is 12.8. The fourth-order valence-corrected chi connectivity index (χ4v) is 7.86. The maximum atomic E-state index is 12.6. The van der Waals surface area contributed by atoms with Gasteiger partial charge in [-0.15, -0.1) is 0 Å². The van der Waals surface area contributed by atoms with Crippen molar-refractivity contribution in [2.24, 2.45) is 0 Å². The number of benzene rings is 3. The first kappa shape index (κ1) is 22.4. The molecule has 8 rings (SSSR count). The van der Waals surface area contributed by atoms with Crippen molar-refractivity contribution in [3.8, 4) is 11.5 Å². The van der Waals surface area contributed by atoms with E-state index in [4.69, 9.17) is 4.74 Å². The highest BCUT2D eigenvalue weighted by Crippen LogP contribution is 2.48. The van der Waals surface area contributed by atoms with E-state index < -0.39 is 5.97 Å². The van der Waals surface area contributed by atoms with Crippen molar-refractivity contribution < 1.29 is 14.6 Å². The van der Waals surface area contributed by atoms with E-state index in [1.165, 1.54) is 33.3 Å². The third-order valence-electron chi connectivity index (χ3n) is 9.36. The Morgan fingerprint density at radius 1 is 0.868 bits per heavy atom. The van der Waals surface area contributed by atoms with E-state index in [-0.39, 0.29) is 0 Å². The molecule has 0 bridgehead atoms. The quantitative estimate of drug-likeness (QED) is 0.417. The van der Waals surface area contributed by atoms with Crippen molar-refractivity contribution in [3.05, 3.63) is 85.4 Å². The molecule has 5 nitrogen and oxygen atoms in total. The average molecular weight is 506 g/mol. The van der Waals surface area contributed by atoms with Crippen molar-refractivity contribution in [3.63, 3.8) is 0 Å². The predicted molar refractivity (Wildman–Crippen MR) is 148 cm³/mol. The van der Waals surface area contributed by atoms with Gasteiger partial charge < -0.3 is 14.7 Å². The van der Waals surface area contributed by atoms with Gasteiger partial charge in [0.05, 0.1) is 11.1 Å². The lowest BCUT2D eigenvalue weighted by Crippen LogP contribution is -2.45. The molecule has 38 heavy (non-hydrogen) atoms. The van der Waals surface area contributed by atoms with Gasteiger partial charge in [0, 0.05) is 59.1 Å². The first-order valence-corrected chi connectivity index (χ1v) is 14.4. The van der Waals surface area contributed by atoms with Gasteiger partial charge in [-0.2, -0.15) is 0 Å². The lowest BCUT2D eigenvalue weighted by Gasteiger charge is -2.39. The van der Waals surface area contributed by atoms with Gasteiger partial charge in [0.2, 0.25) is 5.36 Å². The molecule has 192 valence electrons. The maximum absolute atomic E-state index is 12.6. The molecule has 0 atom stereocenters. The molecule has 0 unspecified atom stereocenters. The zero-order valence-corrected chi connectivity index (χ0v) is 22.0. The van der Waals surface area contributed by atoms with Crippen LogP contribution < -0.4 is 24.8 Å². The van der Waals surface area contributed by atoms with Crippen molar-refractivity contribution in [2.45, 2.75) is 58.3 Å². The predicted octanol–water partition coefficient (Wildman–Crippen LogP) is 4.13. The molecule has 0 saturated carbocycles. The molecule has 0 fully saturated rings. The first-order chi connectivity index (χ1) is 18.6. The third kappa shape index (κ3) is 3.11. The summed E-state index contributed by atoms with van der Waals surface area (Å²) in [5.74, 6) is 1.07. The maximum Gasteiger partial charge on any atom is 0.336 e. The molecule has 0 radical (unpaired) electrons. The number of nitrogens with zero attached hydrogens (tertiary/aromatic N) is 2. The Hall–Kier alpha value is -3.60. The standard InChI is InChI=1S/C33H32N2O3/c1-19-10-11-22(33(36)37)25(16-19)28-26-17-20-6-2-12-34-14-4-8-23(29(20)34)31(26)38-32-24-9-5-15-35-13-3-7-21(30(24)35)18-27(28)32/h10-11,16-18H,2-9,12-15H2,1H3/p+1. The second-order valence-corrected chi connectivity index (χ2v) is 11.7. The molecule has 5 aliphatic heterocycles. The Morgan fingerprint density at radius 3 is 2.47 bits per heavy atom. The van der Waals surface area contributed by atoms with E-state index in [2.05, 4.69) is 34.6 Å². The zero-order chi connectivity index (χ0) is 25.5. The smallest absolute Gasteiger partial charge is 0.336 e. The van der Waals surface area contributed by atoms with E-state index in [0.717, 1.165) is 117 Å². The summed E-state index contributed by atoms with van der Waals surface area (Å²) < 4.78 is 9.64. The minimum atomic E-state index is -0.877. The highest BCUT2D eigenvalue weighted by molar-refractivity contribution is 5.99. The number of carboxylic acid groups (broad SMARTS) is 1. The summed E-state index contributed by atoms with van der Waals surface area (Å²) in [6.07, 6.45) is 8.74. The molecule has 1 N–H and O–H groups in total. The minimum absolute atomic E-state index is 0.366. The van der Waals surface area contributed by atoms with Crippen LogP contribution in [0.4, 0.5) is 5.69 Å². The van der Waals surface area contributed by atoms with Crippen LogP contribution in [0.5, 0.6) is 11.5 Å². The van der Waals surface area contributed by atoms with Crippen molar-refractivity contribution >= 4 is 17.2 Å². The minimum Gasteiger partial charge on any atom is -0.478 e. The SMILES string of the molecule is Cc1ccc(C(=O)O)c(C2=c3cc4c5c(c3Oc3c2cc2c6c3CCCN6CCC2)CCC[N+]=5CCC4)c1. The fourth-order valence-electron chi connectivity index (χ4n) is 7.86. The van der Waals surface area contributed by atoms with Crippen LogP contribution >= 0.6 is 0 Å². The average Bonchev–Trinajstić information content (AvgIpc) is 2.93. The van der Waals surface area contributed by atoms with Gasteiger partial charge in [0.15, 0.2) is 0 Å². The fraction of sp³-hybridized carbons (Fsp3) is 0.394. The highest BCUT2D eigenvalue weighted by atomic mass is 16.5. The summed E-state index contributed by atoms with van der Waals surface area (Å²) >= 11 is 0. The summed E-state index contributed by atoms with van der Waals surface area (Å²) in [7, 11) is 0. The van der Waals surface area contributed by atoms with E-state index >= 15 is 0 Å². The Kier molecular flexibility index (Phi) is 4.83. The number of aromatic carboxylic acids is 1. The van der Waals surface area contributed by atoms with Crippen LogP contribution in [0.1, 0.15) is 75.0 Å². The zero-order valence-electron chi connectivity index (χ0n) is 22.0. The molecule has 0 saturated heterocycles. The van der Waals surface area contributed by atoms with E-state index in [1.54, 1.807) is 6.07 Å². The molecule has 0 aromatic heterocycles. The van der Waals surface area contributed by atoms with E-state index in [9.17, 15) is 9.90 Å². The Labute approximate surface area is 222 Å². The lowest BCUT2D eigenvalue weighted by molar-refractivity contribution is 0.0696. The Balaban J connectivity index is 1.55. The second-order valence-electron chi connectivity index (χ2n) is 11.7. The van der Waals surface area contributed by atoms with Gasteiger partial charge >= 0.3 is 5.97 Å². The second kappa shape index (κ2) is 8.20. The van der Waals surface area contributed by atoms with Crippen LogP contribution in [-0.4, -0.2) is 37.3 Å². The van der Waals surface area contributed by atoms with Crippen molar-refractivity contribution in [1.82, 2.24) is 4.58 Å². The number of rotatable bonds is 2. The number of carbonyl (C=O) groups is 1. The van der Waals surface area contributed by atoms with Gasteiger partial charge in [-0.25, -0.2) is 9.37 Å². The van der Waals surface area contributed by atoms with Crippen LogP contribution in [0.15, 0.2) is 30.3 Å². The summed E-state index contributed by atoms with van der Waals surface area (Å²) in [6, 6.07) is 10.5. The van der Waals surface area contributed by atoms with Gasteiger partial charge in [0.25, 0.3) is 0 Å². The number of hydrogen-bond acceptors (Lipinski definition) is 3. The summed E-state index contributed by atoms with van der Waals surface area (Å²) in [4.78, 5) is 15.1. The highest BCUT2D eigenvalue weighted by Gasteiger charge is 2.36. The molecule has 3 aromatic rings. The Morgan fingerprint density at radius 2 is 1.63 bits per heavy atom. The molecule has 3 aromatic carbocycles. The number of hydrogen-bond donors (Lipinski definition) is 1. The largest absolute Gasteiger partial charge is 0.478 e. The van der Waals surface area contributed by atoms with Crippen LogP contribution in [-0.2, 0) is 25.7 Å². The van der Waals surface area contributed by atoms with Gasteiger partial charge in [-0.1, -0.05) is 17.7 Å². The Bertz CT molecular complexity index is 1690. The normalized spacial score (nSPS) is 18.7. The van der Waals surface area contributed by atoms with Gasteiger partial charge in [-0.3, -0.25) is 0 Å². The molecule has 5 aliphatic rings. The molecule has 5 heteroatoms. The molecular formula is C33H33N2O3+.